The molecule has 0 unspecified atom stereocenters. The number of carbonyl (C=O) groups excluding carboxylic acids is 1. The Morgan fingerprint density at radius 1 is 0.864 bits per heavy atom. The number of urea groups is 1. The van der Waals surface area contributed by atoms with Crippen LogP contribution in [0, 0.1) is 0 Å². The molecular formula is C18H17N3O. The molecule has 3 N–H and O–H groups in total. The quantitative estimate of drug-likeness (QED) is 0.643. The average molecular weight is 291 g/mol. The molecule has 0 aliphatic carbocycles. The van der Waals surface area contributed by atoms with Gasteiger partial charge >= 0.3 is 6.03 Å². The maximum Gasteiger partial charge on any atom is 0.332 e. The van der Waals surface area contributed by atoms with Crippen LogP contribution in [0.15, 0.2) is 77.9 Å². The monoisotopic (exact) mass is 291 g/mol. The van der Waals surface area contributed by atoms with Crippen LogP contribution in [0.1, 0.15) is 11.1 Å². The molecule has 22 heavy (non-hydrogen) atoms. The Morgan fingerprint density at radius 2 is 1.32 bits per heavy atom. The minimum atomic E-state index is -0.696. The number of allylic oxidation sites excluding steroid dienone is 2. The Hall–Kier alpha value is -3.14. The van der Waals surface area contributed by atoms with Crippen LogP contribution in [0.25, 0.3) is 12.2 Å². The smallest absolute Gasteiger partial charge is 0.332 e. The maximum atomic E-state index is 10.8. The molecule has 4 heteroatoms. The summed E-state index contributed by atoms with van der Waals surface area (Å²) in [5.41, 5.74) is 9.97. The summed E-state index contributed by atoms with van der Waals surface area (Å²) < 4.78 is 0. The van der Waals surface area contributed by atoms with Gasteiger partial charge in [-0.05, 0) is 23.3 Å². The third-order valence-corrected chi connectivity index (χ3v) is 2.79. The van der Waals surface area contributed by atoms with E-state index in [1.807, 2.05) is 85.0 Å². The number of hydrogen-bond donors (Lipinski definition) is 2. The van der Waals surface area contributed by atoms with Gasteiger partial charge in [0.15, 0.2) is 0 Å². The van der Waals surface area contributed by atoms with Gasteiger partial charge < -0.3 is 5.73 Å². The molecular weight excluding hydrogens is 274 g/mol. The summed E-state index contributed by atoms with van der Waals surface area (Å²) in [6, 6.07) is 19.0. The van der Waals surface area contributed by atoms with Crippen molar-refractivity contribution in [3.63, 3.8) is 0 Å². The second-order valence-corrected chi connectivity index (χ2v) is 4.50. The third-order valence-electron chi connectivity index (χ3n) is 2.79. The molecule has 2 aromatic carbocycles. The van der Waals surface area contributed by atoms with Crippen molar-refractivity contribution in [3.8, 4) is 0 Å². The second-order valence-electron chi connectivity index (χ2n) is 4.50. The van der Waals surface area contributed by atoms with Crippen LogP contribution in [-0.2, 0) is 0 Å². The molecule has 0 bridgehead atoms. The lowest BCUT2D eigenvalue weighted by Gasteiger charge is -1.97. The fourth-order valence-electron chi connectivity index (χ4n) is 1.74. The van der Waals surface area contributed by atoms with Crippen LogP contribution in [0.3, 0.4) is 0 Å². The van der Waals surface area contributed by atoms with Crippen molar-refractivity contribution in [3.05, 3.63) is 83.9 Å². The lowest BCUT2D eigenvalue weighted by molar-refractivity contribution is 0.249. The number of hydrazone groups is 1. The molecule has 2 rings (SSSR count). The van der Waals surface area contributed by atoms with Gasteiger partial charge in [0.2, 0.25) is 0 Å². The molecule has 0 saturated carbocycles. The van der Waals surface area contributed by atoms with Gasteiger partial charge in [0.1, 0.15) is 0 Å². The highest BCUT2D eigenvalue weighted by atomic mass is 16.2. The van der Waals surface area contributed by atoms with Gasteiger partial charge in [-0.1, -0.05) is 72.8 Å². The van der Waals surface area contributed by atoms with E-state index in [9.17, 15) is 4.79 Å². The Kier molecular flexibility index (Phi) is 5.70. The first-order valence-corrected chi connectivity index (χ1v) is 6.83. The topological polar surface area (TPSA) is 67.5 Å². The van der Waals surface area contributed by atoms with E-state index >= 15 is 0 Å². The van der Waals surface area contributed by atoms with Gasteiger partial charge in [0.05, 0.1) is 5.71 Å². The van der Waals surface area contributed by atoms with E-state index in [2.05, 4.69) is 10.5 Å². The molecule has 0 saturated heterocycles. The summed E-state index contributed by atoms with van der Waals surface area (Å²) in [6.45, 7) is 0. The van der Waals surface area contributed by atoms with E-state index in [4.69, 9.17) is 5.73 Å². The molecule has 0 heterocycles. The molecule has 4 nitrogen and oxygen atoms in total. The number of primary amides is 1. The molecule has 0 spiro atoms. The summed E-state index contributed by atoms with van der Waals surface area (Å²) in [7, 11) is 0. The predicted molar refractivity (Wildman–Crippen MR) is 91.1 cm³/mol. The van der Waals surface area contributed by atoms with Crippen molar-refractivity contribution in [1.29, 1.82) is 0 Å². The van der Waals surface area contributed by atoms with Crippen LogP contribution < -0.4 is 11.2 Å². The molecule has 0 aliphatic rings. The SMILES string of the molecule is NC(=O)NN=C(/C=C/c1ccccc1)/C=C/c1ccccc1. The van der Waals surface area contributed by atoms with Crippen molar-refractivity contribution in [1.82, 2.24) is 5.43 Å². The average Bonchev–Trinajstić information content (AvgIpc) is 2.56. The van der Waals surface area contributed by atoms with E-state index in [-0.39, 0.29) is 0 Å². The maximum absolute atomic E-state index is 10.8. The number of amides is 2. The van der Waals surface area contributed by atoms with E-state index in [0.29, 0.717) is 5.71 Å². The number of nitrogens with one attached hydrogen (secondary N) is 1. The van der Waals surface area contributed by atoms with Crippen molar-refractivity contribution < 1.29 is 4.79 Å². The van der Waals surface area contributed by atoms with Crippen molar-refractivity contribution in [2.75, 3.05) is 0 Å². The summed E-state index contributed by atoms with van der Waals surface area (Å²) >= 11 is 0. The van der Waals surface area contributed by atoms with Crippen molar-refractivity contribution in [2.45, 2.75) is 0 Å². The van der Waals surface area contributed by atoms with E-state index in [1.54, 1.807) is 0 Å². The molecule has 2 aromatic rings. The molecule has 0 aromatic heterocycles. The first-order valence-electron chi connectivity index (χ1n) is 6.83. The van der Waals surface area contributed by atoms with Gasteiger partial charge in [0, 0.05) is 0 Å². The Labute approximate surface area is 129 Å². The number of nitrogens with two attached hydrogens (primary N) is 1. The highest BCUT2D eigenvalue weighted by Crippen LogP contribution is 2.04. The molecule has 2 amide bonds. The highest BCUT2D eigenvalue weighted by molar-refractivity contribution is 6.08. The lowest BCUT2D eigenvalue weighted by Crippen LogP contribution is -2.25. The van der Waals surface area contributed by atoms with E-state index in [0.717, 1.165) is 11.1 Å². The predicted octanol–water partition coefficient (Wildman–Crippen LogP) is 3.44. The molecule has 0 fully saturated rings. The third kappa shape index (κ3) is 5.46. The first kappa shape index (κ1) is 15.3. The first-order chi connectivity index (χ1) is 10.7. The van der Waals surface area contributed by atoms with Gasteiger partial charge in [-0.3, -0.25) is 0 Å². The Morgan fingerprint density at radius 3 is 1.73 bits per heavy atom. The number of carbonyl (C=O) groups is 1. The van der Waals surface area contributed by atoms with Gasteiger partial charge in [-0.15, -0.1) is 0 Å². The number of benzene rings is 2. The molecule has 0 aliphatic heterocycles. The fourth-order valence-corrected chi connectivity index (χ4v) is 1.74. The number of nitrogens with zero attached hydrogens (tertiary/aromatic N) is 1. The summed E-state index contributed by atoms with van der Waals surface area (Å²) in [4.78, 5) is 10.8. The van der Waals surface area contributed by atoms with Gasteiger partial charge in [-0.2, -0.15) is 5.10 Å². The normalized spacial score (nSPS) is 10.7. The van der Waals surface area contributed by atoms with E-state index in [1.165, 1.54) is 0 Å². The van der Waals surface area contributed by atoms with Crippen LogP contribution >= 0.6 is 0 Å². The van der Waals surface area contributed by atoms with E-state index < -0.39 is 6.03 Å². The Bertz CT molecular complexity index is 637. The zero-order chi connectivity index (χ0) is 15.6. The molecule has 0 radical (unpaired) electrons. The summed E-state index contributed by atoms with van der Waals surface area (Å²) in [5.74, 6) is 0. The van der Waals surface area contributed by atoms with Crippen molar-refractivity contribution in [2.24, 2.45) is 10.8 Å². The standard InChI is InChI=1S/C18H17N3O/c19-18(22)21-20-17(13-11-15-7-3-1-4-8-15)14-12-16-9-5-2-6-10-16/h1-14H,(H3,19,21,22)/b13-11+,14-12+. The summed E-state index contributed by atoms with van der Waals surface area (Å²) in [6.07, 6.45) is 7.45. The van der Waals surface area contributed by atoms with Crippen LogP contribution in [-0.4, -0.2) is 11.7 Å². The number of rotatable bonds is 5. The second kappa shape index (κ2) is 8.21. The lowest BCUT2D eigenvalue weighted by atomic mass is 10.1. The Balaban J connectivity index is 2.16. The zero-order valence-corrected chi connectivity index (χ0v) is 12.0. The van der Waals surface area contributed by atoms with Gasteiger partial charge in [-0.25, -0.2) is 10.2 Å². The zero-order valence-electron chi connectivity index (χ0n) is 12.0. The van der Waals surface area contributed by atoms with Crippen molar-refractivity contribution >= 4 is 23.9 Å². The minimum absolute atomic E-state index is 0.589. The van der Waals surface area contributed by atoms with Crippen LogP contribution in [0.4, 0.5) is 4.79 Å². The molecule has 110 valence electrons. The molecule has 0 atom stereocenters. The fraction of sp³-hybridized carbons (Fsp3) is 0. The van der Waals surface area contributed by atoms with Crippen LogP contribution in [0.5, 0.6) is 0 Å². The summed E-state index contributed by atoms with van der Waals surface area (Å²) in [5, 5.41) is 3.97. The largest absolute Gasteiger partial charge is 0.350 e. The highest BCUT2D eigenvalue weighted by Gasteiger charge is 1.93. The van der Waals surface area contributed by atoms with Gasteiger partial charge in [0.25, 0.3) is 0 Å². The van der Waals surface area contributed by atoms with Crippen LogP contribution in [0.2, 0.25) is 0 Å². The number of hydrogen-bond acceptors (Lipinski definition) is 2. The minimum Gasteiger partial charge on any atom is -0.350 e.